The van der Waals surface area contributed by atoms with Gasteiger partial charge in [-0.15, -0.1) is 0 Å². The summed E-state index contributed by atoms with van der Waals surface area (Å²) in [4.78, 5) is 14.7. The number of carbonyl (C=O) groups is 1. The SMILES string of the molecule is CC1COCCN1C(=O)c1cc(Cl)cc(B2OC(C)(C)C(C)(C)O2)c1. The Bertz CT molecular complexity index is 663. The third-order valence-corrected chi connectivity index (χ3v) is 5.54. The molecule has 1 aromatic carbocycles. The van der Waals surface area contributed by atoms with Crippen molar-refractivity contribution in [1.29, 1.82) is 0 Å². The number of hydrogen-bond acceptors (Lipinski definition) is 4. The van der Waals surface area contributed by atoms with Gasteiger partial charge in [0, 0.05) is 17.1 Å². The molecule has 2 aliphatic heterocycles. The van der Waals surface area contributed by atoms with Gasteiger partial charge >= 0.3 is 7.12 Å². The van der Waals surface area contributed by atoms with Gasteiger partial charge in [-0.05, 0) is 58.3 Å². The highest BCUT2D eigenvalue weighted by Crippen LogP contribution is 2.36. The van der Waals surface area contributed by atoms with E-state index >= 15 is 0 Å². The van der Waals surface area contributed by atoms with Gasteiger partial charge in [-0.2, -0.15) is 0 Å². The van der Waals surface area contributed by atoms with Gasteiger partial charge in [-0.25, -0.2) is 0 Å². The number of halogens is 1. The summed E-state index contributed by atoms with van der Waals surface area (Å²) in [5, 5.41) is 0.497. The molecular weight excluding hydrogens is 340 g/mol. The van der Waals surface area contributed by atoms with Crippen molar-refractivity contribution >= 4 is 30.1 Å². The molecule has 0 spiro atoms. The maximum Gasteiger partial charge on any atom is 0.494 e. The van der Waals surface area contributed by atoms with Crippen molar-refractivity contribution in [2.24, 2.45) is 0 Å². The Kier molecular flexibility index (Phi) is 4.92. The molecule has 3 rings (SSSR count). The molecule has 0 N–H and O–H groups in total. The second-order valence-corrected chi connectivity index (χ2v) is 8.22. The third-order valence-electron chi connectivity index (χ3n) is 5.32. The summed E-state index contributed by atoms with van der Waals surface area (Å²) in [6, 6.07) is 5.35. The smallest absolute Gasteiger partial charge is 0.399 e. The van der Waals surface area contributed by atoms with Crippen LogP contribution in [0.25, 0.3) is 0 Å². The quantitative estimate of drug-likeness (QED) is 0.756. The van der Waals surface area contributed by atoms with Crippen LogP contribution in [-0.4, -0.2) is 54.9 Å². The number of hydrogen-bond donors (Lipinski definition) is 0. The van der Waals surface area contributed by atoms with Crippen molar-refractivity contribution in [2.45, 2.75) is 51.9 Å². The average molecular weight is 366 g/mol. The van der Waals surface area contributed by atoms with E-state index in [9.17, 15) is 4.79 Å². The van der Waals surface area contributed by atoms with Gasteiger partial charge in [-0.3, -0.25) is 4.79 Å². The topological polar surface area (TPSA) is 48.0 Å². The number of nitrogens with zero attached hydrogens (tertiary/aromatic N) is 1. The molecule has 25 heavy (non-hydrogen) atoms. The van der Waals surface area contributed by atoms with E-state index < -0.39 is 18.3 Å². The van der Waals surface area contributed by atoms with Gasteiger partial charge < -0.3 is 18.9 Å². The van der Waals surface area contributed by atoms with E-state index in [1.165, 1.54) is 0 Å². The summed E-state index contributed by atoms with van der Waals surface area (Å²) < 4.78 is 17.6. The van der Waals surface area contributed by atoms with E-state index in [1.54, 1.807) is 12.1 Å². The summed E-state index contributed by atoms with van der Waals surface area (Å²) >= 11 is 6.28. The fourth-order valence-corrected chi connectivity index (χ4v) is 3.29. The number of amides is 1. The van der Waals surface area contributed by atoms with Crippen LogP contribution in [0.3, 0.4) is 0 Å². The Balaban J connectivity index is 1.88. The Morgan fingerprint density at radius 2 is 1.84 bits per heavy atom. The molecular formula is C18H25BClNO4. The highest BCUT2D eigenvalue weighted by molar-refractivity contribution is 6.62. The average Bonchev–Trinajstić information content (AvgIpc) is 2.75. The third kappa shape index (κ3) is 3.58. The summed E-state index contributed by atoms with van der Waals surface area (Å²) in [5.74, 6) is -0.0453. The first-order valence-corrected chi connectivity index (χ1v) is 9.03. The molecule has 0 aromatic heterocycles. The zero-order valence-corrected chi connectivity index (χ0v) is 16.2. The molecule has 5 nitrogen and oxygen atoms in total. The first kappa shape index (κ1) is 18.7. The predicted molar refractivity (Wildman–Crippen MR) is 98.5 cm³/mol. The minimum Gasteiger partial charge on any atom is -0.399 e. The molecule has 2 heterocycles. The van der Waals surface area contributed by atoms with Crippen molar-refractivity contribution in [3.05, 3.63) is 28.8 Å². The normalized spacial score (nSPS) is 25.3. The summed E-state index contributed by atoms with van der Waals surface area (Å²) in [5.41, 5.74) is 0.424. The molecule has 1 amide bonds. The fourth-order valence-electron chi connectivity index (χ4n) is 3.05. The van der Waals surface area contributed by atoms with E-state index in [2.05, 4.69) is 0 Å². The molecule has 0 radical (unpaired) electrons. The fraction of sp³-hybridized carbons (Fsp3) is 0.611. The molecule has 0 saturated carbocycles. The standard InChI is InChI=1S/C18H25BClNO4/c1-12-11-23-7-6-21(12)16(22)13-8-14(10-15(20)9-13)19-24-17(2,3)18(4,5)25-19/h8-10,12H,6-7,11H2,1-5H3. The van der Waals surface area contributed by atoms with Gasteiger partial charge in [0.2, 0.25) is 0 Å². The van der Waals surface area contributed by atoms with Crippen molar-refractivity contribution in [2.75, 3.05) is 19.8 Å². The van der Waals surface area contributed by atoms with Crippen LogP contribution in [0.15, 0.2) is 18.2 Å². The minimum absolute atomic E-state index is 0.0422. The molecule has 0 bridgehead atoms. The first-order valence-electron chi connectivity index (χ1n) is 8.65. The Hall–Kier alpha value is -1.08. The molecule has 7 heteroatoms. The van der Waals surface area contributed by atoms with E-state index in [1.807, 2.05) is 45.6 Å². The van der Waals surface area contributed by atoms with Crippen LogP contribution in [0, 0.1) is 0 Å². The van der Waals surface area contributed by atoms with Gasteiger partial charge in [0.05, 0.1) is 30.5 Å². The van der Waals surface area contributed by atoms with Crippen LogP contribution in [-0.2, 0) is 14.0 Å². The van der Waals surface area contributed by atoms with E-state index in [0.717, 1.165) is 5.46 Å². The highest BCUT2D eigenvalue weighted by Gasteiger charge is 2.51. The van der Waals surface area contributed by atoms with Crippen molar-refractivity contribution in [1.82, 2.24) is 4.90 Å². The minimum atomic E-state index is -0.544. The summed E-state index contributed by atoms with van der Waals surface area (Å²) in [6.45, 7) is 11.7. The molecule has 2 saturated heterocycles. The summed E-state index contributed by atoms with van der Waals surface area (Å²) in [6.07, 6.45) is 0. The van der Waals surface area contributed by atoms with E-state index in [-0.39, 0.29) is 11.9 Å². The second kappa shape index (κ2) is 6.58. The van der Waals surface area contributed by atoms with Gasteiger partial charge in [0.15, 0.2) is 0 Å². The lowest BCUT2D eigenvalue weighted by atomic mass is 9.78. The van der Waals surface area contributed by atoms with Crippen molar-refractivity contribution in [3.8, 4) is 0 Å². The lowest BCUT2D eigenvalue weighted by Crippen LogP contribution is -2.47. The molecule has 1 aromatic rings. The van der Waals surface area contributed by atoms with Crippen molar-refractivity contribution in [3.63, 3.8) is 0 Å². The molecule has 1 unspecified atom stereocenters. The maximum absolute atomic E-state index is 12.9. The molecule has 1 atom stereocenters. The predicted octanol–water partition coefficient (Wildman–Crippen LogP) is 2.50. The van der Waals surface area contributed by atoms with Crippen LogP contribution in [0.1, 0.15) is 45.0 Å². The highest BCUT2D eigenvalue weighted by atomic mass is 35.5. The van der Waals surface area contributed by atoms with Crippen molar-refractivity contribution < 1.29 is 18.8 Å². The zero-order chi connectivity index (χ0) is 18.4. The van der Waals surface area contributed by atoms with Gasteiger partial charge in [-0.1, -0.05) is 11.6 Å². The van der Waals surface area contributed by atoms with Gasteiger partial charge in [0.25, 0.3) is 5.91 Å². The van der Waals surface area contributed by atoms with Crippen LogP contribution >= 0.6 is 11.6 Å². The van der Waals surface area contributed by atoms with Gasteiger partial charge in [0.1, 0.15) is 0 Å². The molecule has 136 valence electrons. The maximum atomic E-state index is 12.9. The Morgan fingerprint density at radius 1 is 1.20 bits per heavy atom. The lowest BCUT2D eigenvalue weighted by Gasteiger charge is -2.33. The second-order valence-electron chi connectivity index (χ2n) is 7.78. The largest absolute Gasteiger partial charge is 0.494 e. The number of benzene rings is 1. The van der Waals surface area contributed by atoms with E-state index in [4.69, 9.17) is 25.6 Å². The zero-order valence-electron chi connectivity index (χ0n) is 15.5. The van der Waals surface area contributed by atoms with Crippen LogP contribution in [0.5, 0.6) is 0 Å². The lowest BCUT2D eigenvalue weighted by molar-refractivity contribution is 0.00360. The summed E-state index contributed by atoms with van der Waals surface area (Å²) in [7, 11) is -0.544. The monoisotopic (exact) mass is 365 g/mol. The van der Waals surface area contributed by atoms with Crippen LogP contribution < -0.4 is 5.46 Å². The number of rotatable bonds is 2. The molecule has 0 aliphatic carbocycles. The first-order chi connectivity index (χ1) is 11.6. The number of morpholine rings is 1. The van der Waals surface area contributed by atoms with Crippen LogP contribution in [0.4, 0.5) is 0 Å². The Labute approximate surface area is 154 Å². The Morgan fingerprint density at radius 3 is 2.44 bits per heavy atom. The molecule has 2 aliphatic rings. The van der Waals surface area contributed by atoms with E-state index in [0.29, 0.717) is 30.3 Å². The molecule has 2 fully saturated rings. The van der Waals surface area contributed by atoms with Crippen LogP contribution in [0.2, 0.25) is 5.02 Å². The number of carbonyl (C=O) groups excluding carboxylic acids is 1. The number of ether oxygens (including phenoxy) is 1.